The number of fused-ring (bicyclic) bond motifs is 2. The van der Waals surface area contributed by atoms with Crippen LogP contribution in [0.5, 0.6) is 0 Å². The standard InChI is InChI=1S/C21H24ClN7O2S/c1-13-6-16-15(8-28(13)17-7-18(22)26-19-14(17)2-4-23-19)20(25-11-24-16)29-5-3-21(29)9-27(10-21)12-32(30)31/h2,4,7,11,13,32H,3,5-6,8-10,12H2,1H3,(H,23,26)/t13-/m1/s1. The van der Waals surface area contributed by atoms with Crippen LogP contribution >= 0.6 is 11.6 Å². The molecule has 2 fully saturated rings. The summed E-state index contributed by atoms with van der Waals surface area (Å²) in [4.78, 5) is 23.6. The minimum absolute atomic E-state index is 0.00472. The van der Waals surface area contributed by atoms with Gasteiger partial charge in [0.25, 0.3) is 0 Å². The summed E-state index contributed by atoms with van der Waals surface area (Å²) in [6.07, 6.45) is 5.43. The lowest BCUT2D eigenvalue weighted by atomic mass is 9.77. The van der Waals surface area contributed by atoms with Crippen molar-refractivity contribution in [2.45, 2.75) is 37.9 Å². The van der Waals surface area contributed by atoms with E-state index in [1.807, 2.05) is 23.2 Å². The molecule has 0 saturated carbocycles. The van der Waals surface area contributed by atoms with E-state index in [-0.39, 0.29) is 17.5 Å². The van der Waals surface area contributed by atoms with E-state index in [1.54, 1.807) is 6.33 Å². The van der Waals surface area contributed by atoms with Gasteiger partial charge in [0.15, 0.2) is 10.7 Å². The average Bonchev–Trinajstić information content (AvgIpc) is 3.16. The van der Waals surface area contributed by atoms with Crippen molar-refractivity contribution >= 4 is 44.8 Å². The molecule has 0 aliphatic carbocycles. The highest BCUT2D eigenvalue weighted by Crippen LogP contribution is 2.44. The van der Waals surface area contributed by atoms with Gasteiger partial charge in [0.1, 0.15) is 22.9 Å². The number of nitrogens with one attached hydrogen (secondary N) is 1. The van der Waals surface area contributed by atoms with Crippen LogP contribution in [0.3, 0.4) is 0 Å². The van der Waals surface area contributed by atoms with Crippen molar-refractivity contribution in [3.05, 3.63) is 41.1 Å². The van der Waals surface area contributed by atoms with Crippen molar-refractivity contribution in [2.24, 2.45) is 0 Å². The van der Waals surface area contributed by atoms with E-state index in [1.165, 1.54) is 0 Å². The van der Waals surface area contributed by atoms with Gasteiger partial charge in [-0.3, -0.25) is 4.90 Å². The monoisotopic (exact) mass is 473 g/mol. The number of thiol groups is 1. The summed E-state index contributed by atoms with van der Waals surface area (Å²) in [7, 11) is -2.39. The van der Waals surface area contributed by atoms with Crippen molar-refractivity contribution in [3.63, 3.8) is 0 Å². The molecule has 3 aromatic heterocycles. The molecule has 32 heavy (non-hydrogen) atoms. The van der Waals surface area contributed by atoms with Crippen molar-refractivity contribution in [1.29, 1.82) is 0 Å². The molecule has 0 unspecified atom stereocenters. The molecule has 6 heterocycles. The molecule has 3 aliphatic heterocycles. The molecular formula is C21H24ClN7O2S. The Balaban J connectivity index is 1.34. The third-order valence-electron chi connectivity index (χ3n) is 7.13. The minimum atomic E-state index is -2.39. The van der Waals surface area contributed by atoms with Crippen LogP contribution < -0.4 is 9.80 Å². The van der Waals surface area contributed by atoms with Crippen LogP contribution in [0, 0.1) is 0 Å². The number of halogens is 1. The summed E-state index contributed by atoms with van der Waals surface area (Å²) in [6.45, 7) is 5.35. The van der Waals surface area contributed by atoms with Crippen LogP contribution in [-0.2, 0) is 23.7 Å². The SMILES string of the molecule is C[C@@H]1Cc2ncnc(N3CCC34CN(C[SH](=O)=O)C4)c2CN1c1cc(Cl)nc2[nH]ccc12. The molecule has 11 heteroatoms. The Morgan fingerprint density at radius 1 is 1.31 bits per heavy atom. The normalized spacial score (nSPS) is 22.3. The summed E-state index contributed by atoms with van der Waals surface area (Å²) in [5.41, 5.74) is 4.07. The topological polar surface area (TPSA) is 98.3 Å². The van der Waals surface area contributed by atoms with Gasteiger partial charge in [0, 0.05) is 55.8 Å². The molecule has 0 radical (unpaired) electrons. The fourth-order valence-corrected chi connectivity index (χ4v) is 6.24. The third kappa shape index (κ3) is 3.07. The van der Waals surface area contributed by atoms with Crippen molar-refractivity contribution in [2.75, 3.05) is 35.3 Å². The quantitative estimate of drug-likeness (QED) is 0.437. The fraction of sp³-hybridized carbons (Fsp3) is 0.476. The smallest absolute Gasteiger partial charge is 0.153 e. The zero-order valence-corrected chi connectivity index (χ0v) is 19.3. The van der Waals surface area contributed by atoms with Crippen LogP contribution in [-0.4, -0.2) is 70.3 Å². The van der Waals surface area contributed by atoms with Crippen molar-refractivity contribution in [3.8, 4) is 0 Å². The van der Waals surface area contributed by atoms with Gasteiger partial charge < -0.3 is 14.8 Å². The summed E-state index contributed by atoms with van der Waals surface area (Å²) in [5, 5.41) is 1.51. The maximum absolute atomic E-state index is 11.1. The Morgan fingerprint density at radius 2 is 2.16 bits per heavy atom. The highest BCUT2D eigenvalue weighted by atomic mass is 35.5. The summed E-state index contributed by atoms with van der Waals surface area (Å²) >= 11 is 6.34. The molecule has 168 valence electrons. The predicted octanol–water partition coefficient (Wildman–Crippen LogP) is 1.79. The van der Waals surface area contributed by atoms with Gasteiger partial charge in [-0.1, -0.05) is 11.6 Å². The van der Waals surface area contributed by atoms with Crippen LogP contribution in [0.25, 0.3) is 11.0 Å². The minimum Gasteiger partial charge on any atom is -0.363 e. The molecule has 6 rings (SSSR count). The molecule has 0 aromatic carbocycles. The Labute approximate surface area is 192 Å². The zero-order valence-electron chi connectivity index (χ0n) is 17.7. The van der Waals surface area contributed by atoms with E-state index in [0.717, 1.165) is 66.3 Å². The van der Waals surface area contributed by atoms with Gasteiger partial charge in [-0.15, -0.1) is 0 Å². The molecule has 9 nitrogen and oxygen atoms in total. The van der Waals surface area contributed by atoms with Gasteiger partial charge in [-0.2, -0.15) is 0 Å². The Kier molecular flexibility index (Phi) is 4.60. The van der Waals surface area contributed by atoms with Gasteiger partial charge in [0.2, 0.25) is 0 Å². The lowest BCUT2D eigenvalue weighted by Crippen LogP contribution is -2.77. The van der Waals surface area contributed by atoms with Crippen LogP contribution in [0.1, 0.15) is 24.6 Å². The molecule has 1 N–H and O–H groups in total. The molecule has 1 spiro atoms. The summed E-state index contributed by atoms with van der Waals surface area (Å²) in [6, 6.07) is 4.22. The van der Waals surface area contributed by atoms with Crippen molar-refractivity contribution in [1.82, 2.24) is 24.8 Å². The van der Waals surface area contributed by atoms with Gasteiger partial charge in [-0.25, -0.2) is 23.4 Å². The fourth-order valence-electron chi connectivity index (χ4n) is 5.52. The van der Waals surface area contributed by atoms with E-state index < -0.39 is 10.7 Å². The number of aromatic nitrogens is 4. The highest BCUT2D eigenvalue weighted by Gasteiger charge is 2.54. The van der Waals surface area contributed by atoms with E-state index in [4.69, 9.17) is 16.6 Å². The number of rotatable bonds is 4. The number of likely N-dealkylation sites (tertiary alicyclic amines) is 1. The van der Waals surface area contributed by atoms with Gasteiger partial charge >= 0.3 is 0 Å². The lowest BCUT2D eigenvalue weighted by molar-refractivity contribution is 0.0394. The van der Waals surface area contributed by atoms with Crippen LogP contribution in [0.4, 0.5) is 11.5 Å². The number of nitrogens with zero attached hydrogens (tertiary/aromatic N) is 6. The molecular weight excluding hydrogens is 450 g/mol. The van der Waals surface area contributed by atoms with E-state index >= 15 is 0 Å². The van der Waals surface area contributed by atoms with E-state index in [9.17, 15) is 8.42 Å². The second-order valence-electron chi connectivity index (χ2n) is 9.09. The number of pyridine rings is 1. The van der Waals surface area contributed by atoms with Crippen LogP contribution in [0.2, 0.25) is 5.15 Å². The predicted molar refractivity (Wildman–Crippen MR) is 124 cm³/mol. The Bertz CT molecular complexity index is 1280. The lowest BCUT2D eigenvalue weighted by Gasteiger charge is -2.63. The first-order valence-corrected chi connectivity index (χ1v) is 12.5. The molecule has 3 aromatic rings. The molecule has 2 saturated heterocycles. The second kappa shape index (κ2) is 7.29. The van der Waals surface area contributed by atoms with E-state index in [0.29, 0.717) is 11.7 Å². The Morgan fingerprint density at radius 3 is 2.91 bits per heavy atom. The number of H-pyrrole nitrogens is 1. The van der Waals surface area contributed by atoms with Gasteiger partial charge in [-0.05, 0) is 25.5 Å². The number of hydrogen-bond donors (Lipinski definition) is 2. The van der Waals surface area contributed by atoms with Gasteiger partial charge in [0.05, 0.1) is 22.8 Å². The van der Waals surface area contributed by atoms with E-state index in [2.05, 4.69) is 31.7 Å². The third-order valence-corrected chi connectivity index (χ3v) is 7.95. The van der Waals surface area contributed by atoms with Crippen molar-refractivity contribution < 1.29 is 8.42 Å². The first-order valence-electron chi connectivity index (χ1n) is 10.8. The first-order chi connectivity index (χ1) is 15.4. The maximum atomic E-state index is 11.1. The average molecular weight is 474 g/mol. The summed E-state index contributed by atoms with van der Waals surface area (Å²) < 4.78 is 22.2. The zero-order chi connectivity index (χ0) is 22.0. The highest BCUT2D eigenvalue weighted by molar-refractivity contribution is 7.72. The first kappa shape index (κ1) is 20.2. The van der Waals surface area contributed by atoms with Crippen LogP contribution in [0.15, 0.2) is 24.7 Å². The molecule has 0 amide bonds. The molecule has 3 aliphatic rings. The largest absolute Gasteiger partial charge is 0.363 e. The molecule has 1 atom stereocenters. The second-order valence-corrected chi connectivity index (χ2v) is 10.4. The number of hydrogen-bond acceptors (Lipinski definition) is 8. The molecule has 0 bridgehead atoms. The maximum Gasteiger partial charge on any atom is 0.153 e. The number of aromatic amines is 1. The Hall–Kier alpha value is -2.43. The number of anilines is 2. The summed E-state index contributed by atoms with van der Waals surface area (Å²) in [5.74, 6) is 1.11.